The number of allylic oxidation sites excluding steroid dienone is 6. The van der Waals surface area contributed by atoms with Crippen LogP contribution in [0.25, 0.3) is 0 Å². The molecule has 0 aromatic heterocycles. The van der Waals surface area contributed by atoms with Crippen molar-refractivity contribution in [2.45, 2.75) is 409 Å². The Hall–Kier alpha value is -1.67. The number of hydrogen-bond donors (Lipinski definition) is 8. The fourth-order valence-corrected chi connectivity index (χ4v) is 11.8. The number of rotatable bonds is 64. The third kappa shape index (κ3) is 48.3. The molecule has 0 aromatic carbocycles. The Balaban J connectivity index is 2.13. The molecule has 0 aromatic rings. The highest BCUT2D eigenvalue weighted by molar-refractivity contribution is 5.80. The van der Waals surface area contributed by atoms with Crippen LogP contribution in [-0.2, 0) is 14.3 Å². The zero-order valence-corrected chi connectivity index (χ0v) is 54.9. The van der Waals surface area contributed by atoms with Gasteiger partial charge < -0.3 is 50.5 Å². The molecule has 11 nitrogen and oxygen atoms in total. The Bertz CT molecular complexity index is 1460. The second-order valence-electron chi connectivity index (χ2n) is 25.6. The molecule has 0 saturated carbocycles. The van der Waals surface area contributed by atoms with Gasteiger partial charge in [0.25, 0.3) is 0 Å². The fraction of sp³-hybridized carbons (Fsp3) is 0.904. The predicted octanol–water partition coefficient (Wildman–Crippen LogP) is 17.8. The molecule has 1 aliphatic heterocycles. The monoisotopic (exact) mass is 1190 g/mol. The van der Waals surface area contributed by atoms with Crippen LogP contribution in [0.3, 0.4) is 0 Å². The summed E-state index contributed by atoms with van der Waals surface area (Å²) in [7, 11) is 0. The van der Waals surface area contributed by atoms with Crippen LogP contribution < -0.4 is 5.32 Å². The van der Waals surface area contributed by atoms with E-state index in [-0.39, 0.29) is 12.8 Å². The number of aliphatic hydroxyl groups excluding tert-OH is 7. The van der Waals surface area contributed by atoms with Crippen molar-refractivity contribution >= 4 is 5.91 Å². The first-order valence-electron chi connectivity index (χ1n) is 36.4. The van der Waals surface area contributed by atoms with Crippen molar-refractivity contribution in [1.29, 1.82) is 0 Å². The lowest BCUT2D eigenvalue weighted by atomic mass is 9.98. The summed E-state index contributed by atoms with van der Waals surface area (Å²) in [5.74, 6) is -0.706. The van der Waals surface area contributed by atoms with Gasteiger partial charge in [-0.2, -0.15) is 0 Å². The van der Waals surface area contributed by atoms with Gasteiger partial charge in [0.15, 0.2) is 6.29 Å². The van der Waals surface area contributed by atoms with Crippen LogP contribution in [0.4, 0.5) is 0 Å². The SMILES string of the molecule is CCCCCCCC/C=C/CC/C=C/CC/C=C/CCCC(O)C(O)C(COC1OC(CO)C(O)C(O)C1O)NC(=O)C(O)CCCCCCCCCCCCCCCCCCCCCCCCCCCCCCCCCCCCCCCC. The molecule has 0 spiro atoms. The van der Waals surface area contributed by atoms with E-state index in [1.807, 2.05) is 0 Å². The van der Waals surface area contributed by atoms with E-state index in [2.05, 4.69) is 55.6 Å². The minimum Gasteiger partial charge on any atom is -0.394 e. The standard InChI is InChI=1S/C73H139NO10/c1-3-5-7-9-11-13-15-17-19-21-23-24-25-26-27-28-29-30-31-32-33-34-35-36-37-38-39-40-41-43-45-47-49-51-53-55-57-59-61-66(77)72(82)74-64(63-83-73-71(81)70(80)69(79)67(62-75)84-73)68(78)65(76)60-58-56-54-52-50-48-46-44-42-22-20-18-16-14-12-10-8-6-4-2/h18,20,44,46,52,54,64-71,73,75-81H,3-17,19,21-43,45,47-51,53,55-63H2,1-2H3,(H,74,82)/b20-18+,46-44+,54-52+. The van der Waals surface area contributed by atoms with Crippen molar-refractivity contribution in [3.63, 3.8) is 0 Å². The minimum atomic E-state index is -1.67. The second-order valence-corrected chi connectivity index (χ2v) is 25.6. The van der Waals surface area contributed by atoms with Crippen LogP contribution in [0.15, 0.2) is 36.5 Å². The van der Waals surface area contributed by atoms with Gasteiger partial charge in [-0.25, -0.2) is 0 Å². The lowest BCUT2D eigenvalue weighted by Gasteiger charge is -2.40. The Labute approximate surface area is 517 Å². The fourth-order valence-electron chi connectivity index (χ4n) is 11.8. The molecule has 1 amide bonds. The van der Waals surface area contributed by atoms with Gasteiger partial charge in [0.05, 0.1) is 25.4 Å². The Morgan fingerprint density at radius 3 is 1.06 bits per heavy atom. The highest BCUT2D eigenvalue weighted by atomic mass is 16.7. The van der Waals surface area contributed by atoms with E-state index in [1.165, 1.54) is 263 Å². The lowest BCUT2D eigenvalue weighted by Crippen LogP contribution is -2.60. The first-order valence-corrected chi connectivity index (χ1v) is 36.4. The van der Waals surface area contributed by atoms with E-state index in [0.717, 1.165) is 44.9 Å². The van der Waals surface area contributed by atoms with Crippen molar-refractivity contribution < 1.29 is 50.0 Å². The molecule has 8 N–H and O–H groups in total. The highest BCUT2D eigenvalue weighted by Gasteiger charge is 2.44. The van der Waals surface area contributed by atoms with Gasteiger partial charge in [-0.1, -0.05) is 326 Å². The Kier molecular flexibility index (Phi) is 58.9. The molecule has 9 unspecified atom stereocenters. The van der Waals surface area contributed by atoms with Crippen LogP contribution in [0.5, 0.6) is 0 Å². The lowest BCUT2D eigenvalue weighted by molar-refractivity contribution is -0.303. The molecule has 0 bridgehead atoms. The van der Waals surface area contributed by atoms with Crippen molar-refractivity contribution in [3.05, 3.63) is 36.5 Å². The summed E-state index contributed by atoms with van der Waals surface area (Å²) in [6, 6.07) is -1.19. The number of nitrogens with one attached hydrogen (secondary N) is 1. The van der Waals surface area contributed by atoms with E-state index in [0.29, 0.717) is 19.3 Å². The Morgan fingerprint density at radius 2 is 0.714 bits per heavy atom. The quantitative estimate of drug-likeness (QED) is 0.0215. The maximum Gasteiger partial charge on any atom is 0.249 e. The summed E-state index contributed by atoms with van der Waals surface area (Å²) >= 11 is 0. The minimum absolute atomic E-state index is 0.243. The van der Waals surface area contributed by atoms with E-state index in [4.69, 9.17) is 9.47 Å². The number of carbonyl (C=O) groups is 1. The number of unbranched alkanes of at least 4 members (excludes halogenated alkanes) is 46. The maximum absolute atomic E-state index is 13.2. The molecule has 0 aliphatic carbocycles. The molecule has 11 heteroatoms. The summed E-state index contributed by atoms with van der Waals surface area (Å²) < 4.78 is 11.2. The molecule has 496 valence electrons. The molecule has 1 heterocycles. The normalized spacial score (nSPS) is 19.1. The molecule has 1 aliphatic rings. The van der Waals surface area contributed by atoms with Gasteiger partial charge in [-0.3, -0.25) is 4.79 Å². The average molecular weight is 1190 g/mol. The summed E-state index contributed by atoms with van der Waals surface area (Å²) in [6.07, 6.45) is 68.3. The molecule has 84 heavy (non-hydrogen) atoms. The number of carbonyl (C=O) groups excluding carboxylic acids is 1. The molecule has 1 rings (SSSR count). The smallest absolute Gasteiger partial charge is 0.249 e. The van der Waals surface area contributed by atoms with E-state index >= 15 is 0 Å². The van der Waals surface area contributed by atoms with E-state index in [9.17, 15) is 40.5 Å². The topological polar surface area (TPSA) is 189 Å². The van der Waals surface area contributed by atoms with Gasteiger partial charge in [0.2, 0.25) is 5.91 Å². The van der Waals surface area contributed by atoms with Gasteiger partial charge in [-0.15, -0.1) is 0 Å². The van der Waals surface area contributed by atoms with Gasteiger partial charge in [0.1, 0.15) is 36.6 Å². The zero-order valence-electron chi connectivity index (χ0n) is 54.9. The first-order chi connectivity index (χ1) is 41.2. The van der Waals surface area contributed by atoms with Gasteiger partial charge >= 0.3 is 0 Å². The van der Waals surface area contributed by atoms with Crippen LogP contribution in [0.1, 0.15) is 354 Å². The van der Waals surface area contributed by atoms with E-state index in [1.54, 1.807) is 0 Å². The summed E-state index contributed by atoms with van der Waals surface area (Å²) in [5, 5.41) is 76.4. The van der Waals surface area contributed by atoms with Crippen molar-refractivity contribution in [2.24, 2.45) is 0 Å². The highest BCUT2D eigenvalue weighted by Crippen LogP contribution is 2.24. The third-order valence-corrected chi connectivity index (χ3v) is 17.7. The van der Waals surface area contributed by atoms with Gasteiger partial charge in [0, 0.05) is 0 Å². The second kappa shape index (κ2) is 61.6. The van der Waals surface area contributed by atoms with Crippen molar-refractivity contribution in [2.75, 3.05) is 13.2 Å². The van der Waals surface area contributed by atoms with Crippen molar-refractivity contribution in [1.82, 2.24) is 5.32 Å². The largest absolute Gasteiger partial charge is 0.394 e. The van der Waals surface area contributed by atoms with E-state index < -0.39 is 74.2 Å². The molecule has 0 radical (unpaired) electrons. The molecule has 9 atom stereocenters. The van der Waals surface area contributed by atoms with Crippen LogP contribution in [0, 0.1) is 0 Å². The Morgan fingerprint density at radius 1 is 0.405 bits per heavy atom. The average Bonchev–Trinajstić information content (AvgIpc) is 3.66. The number of aliphatic hydroxyl groups is 7. The van der Waals surface area contributed by atoms with Crippen LogP contribution in [-0.4, -0.2) is 110 Å². The summed E-state index contributed by atoms with van der Waals surface area (Å²) in [6.45, 7) is 3.47. The molecule has 1 fully saturated rings. The molecular weight excluding hydrogens is 1050 g/mol. The molecule has 1 saturated heterocycles. The third-order valence-electron chi connectivity index (χ3n) is 17.7. The van der Waals surface area contributed by atoms with Crippen molar-refractivity contribution in [3.8, 4) is 0 Å². The first kappa shape index (κ1) is 80.3. The maximum atomic E-state index is 13.2. The van der Waals surface area contributed by atoms with Crippen LogP contribution in [0.2, 0.25) is 0 Å². The van der Waals surface area contributed by atoms with Crippen LogP contribution >= 0.6 is 0 Å². The molecular formula is C73H139NO10. The predicted molar refractivity (Wildman–Crippen MR) is 353 cm³/mol. The summed E-state index contributed by atoms with van der Waals surface area (Å²) in [4.78, 5) is 13.2. The summed E-state index contributed by atoms with van der Waals surface area (Å²) in [5.41, 5.74) is 0. The van der Waals surface area contributed by atoms with Gasteiger partial charge in [-0.05, 0) is 64.2 Å². The zero-order chi connectivity index (χ0) is 61.0. The number of amides is 1. The number of ether oxygens (including phenoxy) is 2. The number of hydrogen-bond acceptors (Lipinski definition) is 10.